The van der Waals surface area contributed by atoms with Crippen molar-refractivity contribution < 1.29 is 4.39 Å². The molecule has 0 atom stereocenters. The fourth-order valence-electron chi connectivity index (χ4n) is 1.39. The van der Waals surface area contributed by atoms with Crippen LogP contribution in [0.2, 0.25) is 5.02 Å². The Bertz CT molecular complexity index is 497. The van der Waals surface area contributed by atoms with Gasteiger partial charge in [0.15, 0.2) is 0 Å². The van der Waals surface area contributed by atoms with Crippen molar-refractivity contribution in [3.05, 3.63) is 52.9 Å². The Kier molecular flexibility index (Phi) is 2.69. The highest BCUT2D eigenvalue weighted by Crippen LogP contribution is 2.23. The molecule has 1 aromatic heterocycles. The third-order valence-electron chi connectivity index (χ3n) is 2.12. The number of benzene rings is 1. The molecule has 1 heterocycles. The third kappa shape index (κ3) is 2.16. The lowest BCUT2D eigenvalue weighted by Crippen LogP contribution is -1.88. The normalized spacial score (nSPS) is 10.3. The highest BCUT2D eigenvalue weighted by Gasteiger charge is 2.06. The van der Waals surface area contributed by atoms with Crippen molar-refractivity contribution in [1.82, 2.24) is 4.98 Å². The highest BCUT2D eigenvalue weighted by molar-refractivity contribution is 6.30. The Hall–Kier alpha value is -1.41. The third-order valence-corrected chi connectivity index (χ3v) is 2.35. The van der Waals surface area contributed by atoms with Gasteiger partial charge in [0.1, 0.15) is 5.82 Å². The minimum absolute atomic E-state index is 0.282. The maximum absolute atomic E-state index is 13.5. The molecule has 0 radical (unpaired) electrons. The van der Waals surface area contributed by atoms with Crippen LogP contribution in [0.1, 0.15) is 5.56 Å². The van der Waals surface area contributed by atoms with Crippen LogP contribution >= 0.6 is 11.6 Å². The van der Waals surface area contributed by atoms with Gasteiger partial charge in [-0.1, -0.05) is 23.2 Å². The van der Waals surface area contributed by atoms with E-state index in [1.807, 2.05) is 6.92 Å². The second-order valence-electron chi connectivity index (χ2n) is 3.34. The molecule has 0 aliphatic rings. The molecule has 0 amide bonds. The number of hydrogen-bond acceptors (Lipinski definition) is 1. The van der Waals surface area contributed by atoms with Crippen molar-refractivity contribution in [2.24, 2.45) is 0 Å². The summed E-state index contributed by atoms with van der Waals surface area (Å²) in [5, 5.41) is 0.556. The van der Waals surface area contributed by atoms with Crippen LogP contribution in [0.5, 0.6) is 0 Å². The largest absolute Gasteiger partial charge is 0.256 e. The van der Waals surface area contributed by atoms with Gasteiger partial charge in [0.05, 0.1) is 5.69 Å². The lowest BCUT2D eigenvalue weighted by atomic mass is 10.1. The Morgan fingerprint density at radius 3 is 2.73 bits per heavy atom. The monoisotopic (exact) mass is 221 g/mol. The van der Waals surface area contributed by atoms with Crippen molar-refractivity contribution in [1.29, 1.82) is 0 Å². The van der Waals surface area contributed by atoms with E-state index in [0.717, 1.165) is 5.56 Å². The summed E-state index contributed by atoms with van der Waals surface area (Å²) in [7, 11) is 0. The number of halogens is 2. The zero-order valence-electron chi connectivity index (χ0n) is 8.17. The number of hydrogen-bond donors (Lipinski definition) is 0. The molecule has 15 heavy (non-hydrogen) atoms. The van der Waals surface area contributed by atoms with Gasteiger partial charge in [-0.2, -0.15) is 0 Å². The summed E-state index contributed by atoms with van der Waals surface area (Å²) in [5.41, 5.74) is 2.04. The minimum atomic E-state index is -0.282. The first kappa shape index (κ1) is 10.1. The molecule has 0 bridgehead atoms. The van der Waals surface area contributed by atoms with Gasteiger partial charge < -0.3 is 0 Å². The van der Waals surface area contributed by atoms with Crippen molar-refractivity contribution in [3.63, 3.8) is 0 Å². The molecule has 0 saturated carbocycles. The van der Waals surface area contributed by atoms with Crippen LogP contribution in [0.15, 0.2) is 36.5 Å². The first-order valence-corrected chi connectivity index (χ1v) is 4.93. The second-order valence-corrected chi connectivity index (χ2v) is 3.78. The smallest absolute Gasteiger partial charge is 0.132 e. The van der Waals surface area contributed by atoms with Gasteiger partial charge in [0.25, 0.3) is 0 Å². The number of aromatic nitrogens is 1. The molecular weight excluding hydrogens is 213 g/mol. The average Bonchev–Trinajstić information content (AvgIpc) is 2.22. The standard InChI is InChI=1S/C12H9ClFN/c1-8-2-3-11(14)10(6-8)12-7-9(13)4-5-15-12/h2-7H,1H3. The molecule has 0 aliphatic heterocycles. The maximum Gasteiger partial charge on any atom is 0.132 e. The highest BCUT2D eigenvalue weighted by atomic mass is 35.5. The quantitative estimate of drug-likeness (QED) is 0.713. The van der Waals surface area contributed by atoms with Crippen molar-refractivity contribution in [2.75, 3.05) is 0 Å². The summed E-state index contributed by atoms with van der Waals surface area (Å²) >= 11 is 5.82. The molecule has 0 saturated heterocycles. The zero-order chi connectivity index (χ0) is 10.8. The molecule has 1 aromatic carbocycles. The van der Waals surface area contributed by atoms with E-state index in [4.69, 9.17) is 11.6 Å². The van der Waals surface area contributed by atoms with Gasteiger partial charge in [-0.15, -0.1) is 0 Å². The number of nitrogens with zero attached hydrogens (tertiary/aromatic N) is 1. The van der Waals surface area contributed by atoms with Crippen LogP contribution < -0.4 is 0 Å². The van der Waals surface area contributed by atoms with E-state index < -0.39 is 0 Å². The Balaban J connectivity index is 2.58. The van der Waals surface area contributed by atoms with E-state index in [0.29, 0.717) is 16.3 Å². The molecule has 0 spiro atoms. The van der Waals surface area contributed by atoms with Crippen molar-refractivity contribution >= 4 is 11.6 Å². The van der Waals surface area contributed by atoms with Gasteiger partial charge in [0.2, 0.25) is 0 Å². The van der Waals surface area contributed by atoms with E-state index >= 15 is 0 Å². The maximum atomic E-state index is 13.5. The molecule has 0 N–H and O–H groups in total. The zero-order valence-corrected chi connectivity index (χ0v) is 8.92. The fourth-order valence-corrected chi connectivity index (χ4v) is 1.55. The van der Waals surface area contributed by atoms with Crippen molar-refractivity contribution in [2.45, 2.75) is 6.92 Å². The predicted molar refractivity (Wildman–Crippen MR) is 59.4 cm³/mol. The summed E-state index contributed by atoms with van der Waals surface area (Å²) in [4.78, 5) is 4.09. The first-order chi connectivity index (χ1) is 7.16. The van der Waals surface area contributed by atoms with Crippen LogP contribution in [0.3, 0.4) is 0 Å². The average molecular weight is 222 g/mol. The molecule has 0 fully saturated rings. The predicted octanol–water partition coefficient (Wildman–Crippen LogP) is 3.85. The Labute approximate surface area is 92.5 Å². The Morgan fingerprint density at radius 2 is 2.00 bits per heavy atom. The molecule has 2 aromatic rings. The number of rotatable bonds is 1. The Morgan fingerprint density at radius 1 is 1.20 bits per heavy atom. The first-order valence-electron chi connectivity index (χ1n) is 4.55. The van der Waals surface area contributed by atoms with Gasteiger partial charge in [-0.25, -0.2) is 4.39 Å². The van der Waals surface area contributed by atoms with Crippen LogP contribution in [-0.4, -0.2) is 4.98 Å². The SMILES string of the molecule is Cc1ccc(F)c(-c2cc(Cl)ccn2)c1. The summed E-state index contributed by atoms with van der Waals surface area (Å²) < 4.78 is 13.5. The lowest BCUT2D eigenvalue weighted by molar-refractivity contribution is 0.630. The van der Waals surface area contributed by atoms with E-state index in [1.165, 1.54) is 6.07 Å². The number of pyridine rings is 1. The summed E-state index contributed by atoms with van der Waals surface area (Å²) in [6, 6.07) is 8.24. The molecule has 0 unspecified atom stereocenters. The lowest BCUT2D eigenvalue weighted by Gasteiger charge is -2.03. The van der Waals surface area contributed by atoms with Crippen molar-refractivity contribution in [3.8, 4) is 11.3 Å². The summed E-state index contributed by atoms with van der Waals surface area (Å²) in [6.45, 7) is 1.91. The molecule has 1 nitrogen and oxygen atoms in total. The second kappa shape index (κ2) is 3.99. The van der Waals surface area contributed by atoms with E-state index in [-0.39, 0.29) is 5.82 Å². The van der Waals surface area contributed by atoms with E-state index in [9.17, 15) is 4.39 Å². The number of aryl methyl sites for hydroxylation is 1. The van der Waals surface area contributed by atoms with Gasteiger partial charge in [-0.3, -0.25) is 4.98 Å². The molecule has 2 rings (SSSR count). The fraction of sp³-hybridized carbons (Fsp3) is 0.0833. The van der Waals surface area contributed by atoms with Crippen LogP contribution in [0, 0.1) is 12.7 Å². The molecule has 76 valence electrons. The minimum Gasteiger partial charge on any atom is -0.256 e. The van der Waals surface area contributed by atoms with Crippen LogP contribution in [0.25, 0.3) is 11.3 Å². The topological polar surface area (TPSA) is 12.9 Å². The van der Waals surface area contributed by atoms with Gasteiger partial charge >= 0.3 is 0 Å². The van der Waals surface area contributed by atoms with E-state index in [1.54, 1.807) is 30.5 Å². The van der Waals surface area contributed by atoms with Gasteiger partial charge in [0, 0.05) is 16.8 Å². The van der Waals surface area contributed by atoms with Gasteiger partial charge in [-0.05, 0) is 31.2 Å². The summed E-state index contributed by atoms with van der Waals surface area (Å²) in [5.74, 6) is -0.282. The molecule has 0 aliphatic carbocycles. The summed E-state index contributed by atoms with van der Waals surface area (Å²) in [6.07, 6.45) is 1.57. The van der Waals surface area contributed by atoms with E-state index in [2.05, 4.69) is 4.98 Å². The molecule has 3 heteroatoms. The molecular formula is C12H9ClFN. The van der Waals surface area contributed by atoms with Crippen LogP contribution in [-0.2, 0) is 0 Å². The van der Waals surface area contributed by atoms with Crippen LogP contribution in [0.4, 0.5) is 4.39 Å².